The molecule has 0 unspecified atom stereocenters. The minimum absolute atomic E-state index is 0.105. The summed E-state index contributed by atoms with van der Waals surface area (Å²) in [5, 5.41) is 12.1. The summed E-state index contributed by atoms with van der Waals surface area (Å²) in [7, 11) is 1.66. The van der Waals surface area contributed by atoms with Gasteiger partial charge >= 0.3 is 0 Å². The van der Waals surface area contributed by atoms with Crippen molar-refractivity contribution in [1.29, 1.82) is 0 Å². The molecule has 1 amide bonds. The normalized spacial score (nSPS) is 10.8. The van der Waals surface area contributed by atoms with E-state index in [4.69, 9.17) is 4.74 Å². The Bertz CT molecular complexity index is 1200. The van der Waals surface area contributed by atoms with Crippen molar-refractivity contribution < 1.29 is 13.9 Å². The fourth-order valence-corrected chi connectivity index (χ4v) is 4.04. The maximum Gasteiger partial charge on any atom is 0.230 e. The maximum atomic E-state index is 13.4. The van der Waals surface area contributed by atoms with Crippen LogP contribution in [-0.4, -0.2) is 33.5 Å². The number of aromatic nitrogens is 3. The van der Waals surface area contributed by atoms with Gasteiger partial charge < -0.3 is 10.1 Å². The fraction of sp³-hybridized carbons (Fsp3) is 0.160. The lowest BCUT2D eigenvalue weighted by atomic mass is 10.1. The molecule has 1 heterocycles. The molecule has 0 fully saturated rings. The van der Waals surface area contributed by atoms with E-state index in [0.717, 1.165) is 22.4 Å². The molecule has 168 valence electrons. The van der Waals surface area contributed by atoms with Crippen molar-refractivity contribution in [2.45, 2.75) is 18.3 Å². The first-order valence-corrected chi connectivity index (χ1v) is 11.4. The van der Waals surface area contributed by atoms with E-state index in [0.29, 0.717) is 24.1 Å². The third kappa shape index (κ3) is 5.85. The number of nitrogens with zero attached hydrogens (tertiary/aromatic N) is 3. The standard InChI is InChI=1S/C25H23FN4O2S/c1-32-16-19-9-7-18(8-10-19)15-27-23(31)17-33-25-29-28-24(20-11-13-21(26)14-12-20)30(25)22-5-3-2-4-6-22/h2-14H,15-17H2,1H3,(H,27,31). The summed E-state index contributed by atoms with van der Waals surface area (Å²) in [6.45, 7) is 1.00. The van der Waals surface area contributed by atoms with Crippen LogP contribution < -0.4 is 5.32 Å². The molecule has 0 bridgehead atoms. The van der Waals surface area contributed by atoms with E-state index in [1.165, 1.54) is 23.9 Å². The van der Waals surface area contributed by atoms with Gasteiger partial charge in [0.05, 0.1) is 12.4 Å². The third-order valence-corrected chi connectivity index (χ3v) is 5.84. The molecule has 0 saturated heterocycles. The van der Waals surface area contributed by atoms with Crippen LogP contribution in [0.4, 0.5) is 4.39 Å². The second-order valence-electron chi connectivity index (χ2n) is 7.30. The number of carbonyl (C=O) groups excluding carboxylic acids is 1. The molecule has 6 nitrogen and oxygen atoms in total. The number of halogens is 1. The van der Waals surface area contributed by atoms with Gasteiger partial charge in [-0.15, -0.1) is 10.2 Å². The molecule has 0 spiro atoms. The van der Waals surface area contributed by atoms with E-state index < -0.39 is 0 Å². The minimum Gasteiger partial charge on any atom is -0.380 e. The molecule has 33 heavy (non-hydrogen) atoms. The van der Waals surface area contributed by atoms with E-state index in [2.05, 4.69) is 15.5 Å². The molecule has 4 aromatic rings. The molecule has 0 aliphatic carbocycles. The number of rotatable bonds is 9. The highest BCUT2D eigenvalue weighted by atomic mass is 32.2. The van der Waals surface area contributed by atoms with Gasteiger partial charge in [-0.3, -0.25) is 9.36 Å². The van der Waals surface area contributed by atoms with Gasteiger partial charge in [0.2, 0.25) is 5.91 Å². The lowest BCUT2D eigenvalue weighted by Gasteiger charge is -2.10. The number of thioether (sulfide) groups is 1. The van der Waals surface area contributed by atoms with Crippen LogP contribution in [0.15, 0.2) is 84.0 Å². The molecule has 0 radical (unpaired) electrons. The highest BCUT2D eigenvalue weighted by Gasteiger charge is 2.17. The molecule has 1 aromatic heterocycles. The van der Waals surface area contributed by atoms with Gasteiger partial charge in [-0.2, -0.15) is 0 Å². The summed E-state index contributed by atoms with van der Waals surface area (Å²) in [5.41, 5.74) is 3.70. The number of carbonyl (C=O) groups is 1. The number of benzene rings is 3. The number of hydrogen-bond donors (Lipinski definition) is 1. The maximum absolute atomic E-state index is 13.4. The highest BCUT2D eigenvalue weighted by Crippen LogP contribution is 2.28. The molecule has 0 saturated carbocycles. The van der Waals surface area contributed by atoms with Crippen molar-refractivity contribution in [3.8, 4) is 17.1 Å². The third-order valence-electron chi connectivity index (χ3n) is 4.91. The summed E-state index contributed by atoms with van der Waals surface area (Å²) in [6.07, 6.45) is 0. The molecule has 0 atom stereocenters. The first-order chi connectivity index (χ1) is 16.1. The van der Waals surface area contributed by atoms with Gasteiger partial charge in [-0.05, 0) is 47.5 Å². The molecule has 1 N–H and O–H groups in total. The number of para-hydroxylation sites is 1. The van der Waals surface area contributed by atoms with Crippen LogP contribution in [0.5, 0.6) is 0 Å². The van der Waals surface area contributed by atoms with E-state index >= 15 is 0 Å². The van der Waals surface area contributed by atoms with Crippen LogP contribution in [0.1, 0.15) is 11.1 Å². The van der Waals surface area contributed by atoms with Crippen molar-refractivity contribution in [2.75, 3.05) is 12.9 Å². The van der Waals surface area contributed by atoms with Crippen LogP contribution in [0, 0.1) is 5.82 Å². The Hall–Kier alpha value is -3.49. The molecular formula is C25H23FN4O2S. The number of hydrogen-bond acceptors (Lipinski definition) is 5. The molecule has 8 heteroatoms. The molecule has 4 rings (SSSR count). The lowest BCUT2D eigenvalue weighted by molar-refractivity contribution is -0.118. The Kier molecular flexibility index (Phi) is 7.49. The Labute approximate surface area is 195 Å². The van der Waals surface area contributed by atoms with Crippen molar-refractivity contribution in [1.82, 2.24) is 20.1 Å². The average molecular weight is 463 g/mol. The van der Waals surface area contributed by atoms with E-state index in [1.54, 1.807) is 19.2 Å². The van der Waals surface area contributed by atoms with Crippen molar-refractivity contribution in [3.05, 3.63) is 95.8 Å². The summed E-state index contributed by atoms with van der Waals surface area (Å²) < 4.78 is 20.4. The number of nitrogens with one attached hydrogen (secondary N) is 1. The smallest absolute Gasteiger partial charge is 0.230 e. The van der Waals surface area contributed by atoms with Gasteiger partial charge in [0, 0.05) is 24.9 Å². The average Bonchev–Trinajstić information content (AvgIpc) is 3.27. The lowest BCUT2D eigenvalue weighted by Crippen LogP contribution is -2.24. The molecule has 0 aliphatic heterocycles. The summed E-state index contributed by atoms with van der Waals surface area (Å²) in [4.78, 5) is 12.5. The first kappa shape index (κ1) is 22.7. The zero-order valence-electron chi connectivity index (χ0n) is 18.1. The summed E-state index contributed by atoms with van der Waals surface area (Å²) in [5.74, 6) is 0.354. The Morgan fingerprint density at radius 1 is 0.970 bits per heavy atom. The van der Waals surface area contributed by atoms with Gasteiger partial charge in [0.25, 0.3) is 0 Å². The Balaban J connectivity index is 1.45. The number of amides is 1. The molecule has 3 aromatic carbocycles. The predicted molar refractivity (Wildman–Crippen MR) is 126 cm³/mol. The fourth-order valence-electron chi connectivity index (χ4n) is 3.26. The van der Waals surface area contributed by atoms with Crippen molar-refractivity contribution in [2.24, 2.45) is 0 Å². The monoisotopic (exact) mass is 462 g/mol. The van der Waals surface area contributed by atoms with Gasteiger partial charge in [0.15, 0.2) is 11.0 Å². The van der Waals surface area contributed by atoms with E-state index in [9.17, 15) is 9.18 Å². The highest BCUT2D eigenvalue weighted by molar-refractivity contribution is 7.99. The number of methoxy groups -OCH3 is 1. The topological polar surface area (TPSA) is 69.0 Å². The van der Waals surface area contributed by atoms with Crippen LogP contribution in [0.25, 0.3) is 17.1 Å². The van der Waals surface area contributed by atoms with Gasteiger partial charge in [-0.25, -0.2) is 4.39 Å². The SMILES string of the molecule is COCc1ccc(CNC(=O)CSc2nnc(-c3ccc(F)cc3)n2-c2ccccc2)cc1. The Morgan fingerprint density at radius 3 is 2.36 bits per heavy atom. The van der Waals surface area contributed by atoms with E-state index in [-0.39, 0.29) is 17.5 Å². The van der Waals surface area contributed by atoms with Crippen LogP contribution in [-0.2, 0) is 22.7 Å². The zero-order chi connectivity index (χ0) is 23.0. The molecule has 0 aliphatic rings. The predicted octanol–water partition coefficient (Wildman–Crippen LogP) is 4.63. The van der Waals surface area contributed by atoms with Crippen LogP contribution in [0.3, 0.4) is 0 Å². The first-order valence-electron chi connectivity index (χ1n) is 10.4. The van der Waals surface area contributed by atoms with Crippen molar-refractivity contribution in [3.63, 3.8) is 0 Å². The van der Waals surface area contributed by atoms with E-state index in [1.807, 2.05) is 59.2 Å². The second kappa shape index (κ2) is 10.9. The summed E-state index contributed by atoms with van der Waals surface area (Å²) in [6, 6.07) is 23.7. The second-order valence-corrected chi connectivity index (χ2v) is 8.24. The summed E-state index contributed by atoms with van der Waals surface area (Å²) >= 11 is 1.30. The zero-order valence-corrected chi connectivity index (χ0v) is 18.9. The van der Waals surface area contributed by atoms with Gasteiger partial charge in [0.1, 0.15) is 5.82 Å². The van der Waals surface area contributed by atoms with Crippen molar-refractivity contribution >= 4 is 17.7 Å². The Morgan fingerprint density at radius 2 is 1.67 bits per heavy atom. The number of ether oxygens (including phenoxy) is 1. The van der Waals surface area contributed by atoms with Gasteiger partial charge in [-0.1, -0.05) is 54.2 Å². The quantitative estimate of drug-likeness (QED) is 0.368. The van der Waals surface area contributed by atoms with Crippen LogP contribution in [0.2, 0.25) is 0 Å². The minimum atomic E-state index is -0.316. The van der Waals surface area contributed by atoms with Crippen LogP contribution >= 0.6 is 11.8 Å². The largest absolute Gasteiger partial charge is 0.380 e. The molecular weight excluding hydrogens is 439 g/mol.